The number of carbonyl (C=O) groups is 2. The molecule has 1 N–H and O–H groups in total. The van der Waals surface area contributed by atoms with Crippen molar-refractivity contribution < 1.29 is 19.4 Å². The molecule has 1 aromatic rings. The number of carboxylic acid groups (broad SMARTS) is 1. The second kappa shape index (κ2) is 5.85. The zero-order valence-electron chi connectivity index (χ0n) is 12.6. The molecule has 0 aromatic heterocycles. The molecule has 0 saturated carbocycles. The van der Waals surface area contributed by atoms with Gasteiger partial charge in [-0.15, -0.1) is 0 Å². The molecule has 5 heteroatoms. The van der Waals surface area contributed by atoms with Gasteiger partial charge in [0, 0.05) is 12.1 Å². The highest BCUT2D eigenvalue weighted by atomic mass is 16.5. The third-order valence-electron chi connectivity index (χ3n) is 3.63. The van der Waals surface area contributed by atoms with Gasteiger partial charge in [-0.3, -0.25) is 4.79 Å². The molecule has 1 atom stereocenters. The summed E-state index contributed by atoms with van der Waals surface area (Å²) < 4.78 is 5.49. The molecule has 0 spiro atoms. The van der Waals surface area contributed by atoms with Crippen molar-refractivity contribution in [2.45, 2.75) is 32.3 Å². The quantitative estimate of drug-likeness (QED) is 0.850. The average molecular weight is 291 g/mol. The number of hydrogen-bond acceptors (Lipinski definition) is 3. The van der Waals surface area contributed by atoms with E-state index in [1.165, 1.54) is 4.90 Å². The molecule has 0 unspecified atom stereocenters. The molecular weight excluding hydrogens is 270 g/mol. The molecule has 1 aliphatic heterocycles. The third kappa shape index (κ3) is 3.42. The first kappa shape index (κ1) is 15.5. The number of benzene rings is 1. The summed E-state index contributed by atoms with van der Waals surface area (Å²) in [4.78, 5) is 25.0. The zero-order valence-corrected chi connectivity index (χ0v) is 12.6. The molecule has 0 aliphatic carbocycles. The standard InChI is InChI=1S/C16H21NO4/c1-16(2,3)12-7-5-4-6-11(12)14(18)13-10-17(15(19)20)8-9-21-13/h4-7,13H,8-10H2,1-3H3,(H,19,20)/t13-/m0/s1. The maximum atomic E-state index is 12.7. The molecule has 1 amide bonds. The van der Waals surface area contributed by atoms with Crippen LogP contribution in [0.2, 0.25) is 0 Å². The van der Waals surface area contributed by atoms with E-state index in [0.29, 0.717) is 12.1 Å². The van der Waals surface area contributed by atoms with E-state index in [9.17, 15) is 9.59 Å². The fourth-order valence-corrected chi connectivity index (χ4v) is 2.51. The van der Waals surface area contributed by atoms with Crippen LogP contribution in [0.15, 0.2) is 24.3 Å². The van der Waals surface area contributed by atoms with E-state index in [1.807, 2.05) is 39.0 Å². The number of Topliss-reactive ketones (excluding diaryl/α,β-unsaturated/α-hetero) is 1. The van der Waals surface area contributed by atoms with Crippen LogP contribution in [0.5, 0.6) is 0 Å². The lowest BCUT2D eigenvalue weighted by atomic mass is 9.82. The maximum absolute atomic E-state index is 12.7. The van der Waals surface area contributed by atoms with Crippen LogP contribution in [-0.4, -0.2) is 47.7 Å². The average Bonchev–Trinajstić information content (AvgIpc) is 2.45. The molecule has 1 aliphatic rings. The van der Waals surface area contributed by atoms with Crippen LogP contribution < -0.4 is 0 Å². The van der Waals surface area contributed by atoms with Crippen molar-refractivity contribution in [1.29, 1.82) is 0 Å². The van der Waals surface area contributed by atoms with Gasteiger partial charge in [0.2, 0.25) is 0 Å². The van der Waals surface area contributed by atoms with Gasteiger partial charge in [-0.05, 0) is 11.0 Å². The molecule has 0 radical (unpaired) electrons. The van der Waals surface area contributed by atoms with E-state index in [2.05, 4.69) is 0 Å². The van der Waals surface area contributed by atoms with Crippen molar-refractivity contribution in [2.75, 3.05) is 19.7 Å². The number of ether oxygens (including phenoxy) is 1. The number of amides is 1. The fourth-order valence-electron chi connectivity index (χ4n) is 2.51. The lowest BCUT2D eigenvalue weighted by Gasteiger charge is -2.31. The van der Waals surface area contributed by atoms with Crippen LogP contribution in [0, 0.1) is 0 Å². The number of morpholine rings is 1. The summed E-state index contributed by atoms with van der Waals surface area (Å²) >= 11 is 0. The molecule has 21 heavy (non-hydrogen) atoms. The number of carbonyl (C=O) groups excluding carboxylic acids is 1. The molecule has 1 aromatic carbocycles. The molecule has 2 rings (SSSR count). The second-order valence-corrected chi connectivity index (χ2v) is 6.25. The van der Waals surface area contributed by atoms with E-state index in [0.717, 1.165) is 5.56 Å². The number of ketones is 1. The zero-order chi connectivity index (χ0) is 15.6. The summed E-state index contributed by atoms with van der Waals surface area (Å²) in [5.41, 5.74) is 1.40. The third-order valence-corrected chi connectivity index (χ3v) is 3.63. The smallest absolute Gasteiger partial charge is 0.407 e. The molecule has 5 nitrogen and oxygen atoms in total. The molecule has 1 saturated heterocycles. The Kier molecular flexibility index (Phi) is 4.32. The lowest BCUT2D eigenvalue weighted by molar-refractivity contribution is -0.0112. The predicted molar refractivity (Wildman–Crippen MR) is 78.8 cm³/mol. The van der Waals surface area contributed by atoms with Gasteiger partial charge in [0.15, 0.2) is 5.78 Å². The van der Waals surface area contributed by atoms with E-state index in [-0.39, 0.29) is 24.3 Å². The highest BCUT2D eigenvalue weighted by Gasteiger charge is 2.32. The fraction of sp³-hybridized carbons (Fsp3) is 0.500. The summed E-state index contributed by atoms with van der Waals surface area (Å²) in [5.74, 6) is -0.147. The topological polar surface area (TPSA) is 66.8 Å². The van der Waals surface area contributed by atoms with Crippen molar-refractivity contribution in [3.05, 3.63) is 35.4 Å². The van der Waals surface area contributed by atoms with Crippen LogP contribution in [0.3, 0.4) is 0 Å². The number of rotatable bonds is 2. The Morgan fingerprint density at radius 2 is 1.95 bits per heavy atom. The normalized spacial score (nSPS) is 19.4. The van der Waals surface area contributed by atoms with Crippen molar-refractivity contribution in [2.24, 2.45) is 0 Å². The number of hydrogen-bond donors (Lipinski definition) is 1. The SMILES string of the molecule is CC(C)(C)c1ccccc1C(=O)[C@@H]1CN(C(=O)O)CCO1. The Labute approximate surface area is 124 Å². The Bertz CT molecular complexity index is 547. The predicted octanol–water partition coefficient (Wildman–Crippen LogP) is 2.55. The van der Waals surface area contributed by atoms with E-state index in [1.54, 1.807) is 6.07 Å². The first-order valence-electron chi connectivity index (χ1n) is 7.04. The summed E-state index contributed by atoms with van der Waals surface area (Å²) in [6, 6.07) is 7.44. The number of nitrogens with zero attached hydrogens (tertiary/aromatic N) is 1. The highest BCUT2D eigenvalue weighted by molar-refractivity contribution is 6.01. The monoisotopic (exact) mass is 291 g/mol. The van der Waals surface area contributed by atoms with Crippen molar-refractivity contribution in [3.63, 3.8) is 0 Å². The van der Waals surface area contributed by atoms with Gasteiger partial charge < -0.3 is 14.7 Å². The van der Waals surface area contributed by atoms with Crippen LogP contribution in [0.1, 0.15) is 36.7 Å². The molecule has 1 heterocycles. The Hall–Kier alpha value is -1.88. The van der Waals surface area contributed by atoms with E-state index < -0.39 is 12.2 Å². The van der Waals surface area contributed by atoms with Crippen LogP contribution in [0.4, 0.5) is 4.79 Å². The Morgan fingerprint density at radius 3 is 2.57 bits per heavy atom. The van der Waals surface area contributed by atoms with Gasteiger partial charge in [0.25, 0.3) is 0 Å². The molecule has 1 fully saturated rings. The van der Waals surface area contributed by atoms with Crippen molar-refractivity contribution >= 4 is 11.9 Å². The van der Waals surface area contributed by atoms with Gasteiger partial charge in [0.05, 0.1) is 13.2 Å². The summed E-state index contributed by atoms with van der Waals surface area (Å²) in [6.07, 6.45) is -1.74. The molecule has 0 bridgehead atoms. The van der Waals surface area contributed by atoms with Crippen molar-refractivity contribution in [3.8, 4) is 0 Å². The van der Waals surface area contributed by atoms with E-state index >= 15 is 0 Å². The first-order valence-corrected chi connectivity index (χ1v) is 7.04. The van der Waals surface area contributed by atoms with E-state index in [4.69, 9.17) is 9.84 Å². The van der Waals surface area contributed by atoms with Gasteiger partial charge in [0.1, 0.15) is 6.10 Å². The van der Waals surface area contributed by atoms with Gasteiger partial charge in [-0.2, -0.15) is 0 Å². The van der Waals surface area contributed by atoms with Crippen LogP contribution in [0.25, 0.3) is 0 Å². The highest BCUT2D eigenvalue weighted by Crippen LogP contribution is 2.27. The van der Waals surface area contributed by atoms with Crippen LogP contribution >= 0.6 is 0 Å². The summed E-state index contributed by atoms with van der Waals surface area (Å²) in [7, 11) is 0. The Morgan fingerprint density at radius 1 is 1.29 bits per heavy atom. The van der Waals surface area contributed by atoms with Gasteiger partial charge >= 0.3 is 6.09 Å². The summed E-state index contributed by atoms with van der Waals surface area (Å²) in [6.45, 7) is 6.78. The van der Waals surface area contributed by atoms with Gasteiger partial charge in [-0.25, -0.2) is 4.79 Å². The minimum Gasteiger partial charge on any atom is -0.465 e. The Balaban J connectivity index is 2.26. The summed E-state index contributed by atoms with van der Waals surface area (Å²) in [5, 5.41) is 9.05. The molecule has 114 valence electrons. The van der Waals surface area contributed by atoms with Crippen LogP contribution in [-0.2, 0) is 10.2 Å². The maximum Gasteiger partial charge on any atom is 0.407 e. The minimum absolute atomic E-state index is 0.0899. The molecular formula is C16H21NO4. The second-order valence-electron chi connectivity index (χ2n) is 6.25. The first-order chi connectivity index (χ1) is 9.80. The largest absolute Gasteiger partial charge is 0.465 e. The van der Waals surface area contributed by atoms with Crippen molar-refractivity contribution in [1.82, 2.24) is 4.90 Å². The minimum atomic E-state index is -1.01. The lowest BCUT2D eigenvalue weighted by Crippen LogP contribution is -2.48. The van der Waals surface area contributed by atoms with Gasteiger partial charge in [-0.1, -0.05) is 45.0 Å².